The van der Waals surface area contributed by atoms with Crippen LogP contribution in [-0.2, 0) is 14.3 Å². The molecular weight excluding hydrogens is 476 g/mol. The molecule has 0 saturated heterocycles. The van der Waals surface area contributed by atoms with Gasteiger partial charge in [-0.05, 0) is 37.8 Å². The normalized spacial score (nSPS) is 22.6. The largest absolute Gasteiger partial charge is 0.474 e. The van der Waals surface area contributed by atoms with E-state index in [4.69, 9.17) is 15.2 Å². The maximum atomic E-state index is 13.3. The van der Waals surface area contributed by atoms with E-state index < -0.39 is 5.97 Å². The van der Waals surface area contributed by atoms with E-state index in [0.717, 1.165) is 6.42 Å². The molecule has 4 atom stereocenters. The molecular formula is C26H30N6O5. The van der Waals surface area contributed by atoms with E-state index in [9.17, 15) is 19.6 Å². The second-order valence-corrected chi connectivity index (χ2v) is 9.49. The van der Waals surface area contributed by atoms with Crippen LogP contribution in [0.15, 0.2) is 24.3 Å². The fraction of sp³-hybridized carbons (Fsp3) is 0.462. The van der Waals surface area contributed by atoms with Crippen molar-refractivity contribution in [2.75, 3.05) is 5.73 Å². The summed E-state index contributed by atoms with van der Waals surface area (Å²) in [6.07, 6.45) is 3.06. The Morgan fingerprint density at radius 1 is 1.00 bits per heavy atom. The van der Waals surface area contributed by atoms with Gasteiger partial charge in [-0.25, -0.2) is 9.78 Å². The summed E-state index contributed by atoms with van der Waals surface area (Å²) < 4.78 is 11.9. The van der Waals surface area contributed by atoms with Crippen LogP contribution < -0.4 is 21.1 Å². The van der Waals surface area contributed by atoms with E-state index in [-0.39, 0.29) is 59.2 Å². The lowest BCUT2D eigenvalue weighted by Crippen LogP contribution is -2.32. The van der Waals surface area contributed by atoms with Gasteiger partial charge in [0.2, 0.25) is 17.7 Å². The summed E-state index contributed by atoms with van der Waals surface area (Å²) in [7, 11) is 0. The van der Waals surface area contributed by atoms with Gasteiger partial charge in [0, 0.05) is 44.3 Å². The van der Waals surface area contributed by atoms with Crippen LogP contribution in [0.25, 0.3) is 11.4 Å². The number of anilines is 1. The number of nitrogens with zero attached hydrogens (tertiary/aromatic N) is 3. The molecule has 11 nitrogen and oxygen atoms in total. The topological polar surface area (TPSA) is 169 Å². The summed E-state index contributed by atoms with van der Waals surface area (Å²) in [5.74, 6) is -0.829. The van der Waals surface area contributed by atoms with Crippen molar-refractivity contribution in [2.45, 2.75) is 76.7 Å². The van der Waals surface area contributed by atoms with Crippen LogP contribution >= 0.6 is 0 Å². The minimum atomic E-state index is -0.699. The van der Waals surface area contributed by atoms with Crippen molar-refractivity contribution in [3.8, 4) is 23.3 Å². The van der Waals surface area contributed by atoms with Crippen LogP contribution in [-0.4, -0.2) is 52.0 Å². The van der Waals surface area contributed by atoms with Crippen molar-refractivity contribution in [3.05, 3.63) is 35.4 Å². The number of ether oxygens (including phenoxy) is 2. The number of rotatable bonds is 7. The third-order valence-corrected chi connectivity index (χ3v) is 6.49. The van der Waals surface area contributed by atoms with Gasteiger partial charge in [-0.1, -0.05) is 12.1 Å². The van der Waals surface area contributed by atoms with E-state index in [1.54, 1.807) is 24.3 Å². The van der Waals surface area contributed by atoms with Gasteiger partial charge in [0.05, 0.1) is 11.6 Å². The molecule has 4 N–H and O–H groups in total. The summed E-state index contributed by atoms with van der Waals surface area (Å²) in [5.41, 5.74) is 7.16. The molecule has 2 aromatic rings. The fourth-order valence-corrected chi connectivity index (χ4v) is 4.89. The zero-order valence-electron chi connectivity index (χ0n) is 20.8. The summed E-state index contributed by atoms with van der Waals surface area (Å²) in [5, 5.41) is 15.0. The molecule has 11 heteroatoms. The second kappa shape index (κ2) is 11.2. The maximum absolute atomic E-state index is 13.3. The molecule has 0 unspecified atom stereocenters. The highest BCUT2D eigenvalue weighted by Gasteiger charge is 2.33. The highest BCUT2D eigenvalue weighted by atomic mass is 16.5. The number of nitrogen functional groups attached to an aromatic ring is 1. The lowest BCUT2D eigenvalue weighted by atomic mass is 10.1. The predicted octanol–water partition coefficient (Wildman–Crippen LogP) is 2.25. The number of carbonyl (C=O) groups is 3. The molecule has 1 heterocycles. The number of benzene rings is 1. The Hall–Kier alpha value is -4.20. The van der Waals surface area contributed by atoms with E-state index in [1.807, 2.05) is 0 Å². The first kappa shape index (κ1) is 25.9. The van der Waals surface area contributed by atoms with Crippen molar-refractivity contribution in [1.29, 1.82) is 5.26 Å². The van der Waals surface area contributed by atoms with E-state index in [2.05, 4.69) is 26.7 Å². The van der Waals surface area contributed by atoms with Gasteiger partial charge in [0.15, 0.2) is 11.4 Å². The number of amides is 2. The minimum Gasteiger partial charge on any atom is -0.474 e. The summed E-state index contributed by atoms with van der Waals surface area (Å²) in [6, 6.07) is 8.71. The number of nitrogens with two attached hydrogens (primary N) is 1. The van der Waals surface area contributed by atoms with Crippen LogP contribution in [0, 0.1) is 11.3 Å². The SMILES string of the molecule is CC(=O)N[C@H]1CC[C@@H](OC(=O)c2c(N)nc(-c3cccc(C#N)c3)nc2O[C@@H]2CC[C@H](NC(C)=O)C2)C1. The number of hydrogen-bond donors (Lipinski definition) is 3. The van der Waals surface area contributed by atoms with Crippen LogP contribution in [0.3, 0.4) is 0 Å². The molecule has 0 aliphatic heterocycles. The third-order valence-electron chi connectivity index (χ3n) is 6.49. The van der Waals surface area contributed by atoms with Crippen molar-refractivity contribution >= 4 is 23.6 Å². The van der Waals surface area contributed by atoms with Gasteiger partial charge in [-0.2, -0.15) is 10.2 Å². The van der Waals surface area contributed by atoms with Crippen LogP contribution in [0.5, 0.6) is 5.88 Å². The first-order chi connectivity index (χ1) is 17.7. The summed E-state index contributed by atoms with van der Waals surface area (Å²) in [6.45, 7) is 2.92. The van der Waals surface area contributed by atoms with Crippen molar-refractivity contribution in [2.24, 2.45) is 0 Å². The van der Waals surface area contributed by atoms with Gasteiger partial charge >= 0.3 is 5.97 Å². The molecule has 4 rings (SSSR count). The lowest BCUT2D eigenvalue weighted by Gasteiger charge is -2.19. The third kappa shape index (κ3) is 6.52. The average molecular weight is 507 g/mol. The minimum absolute atomic E-state index is 0.000237. The molecule has 2 fully saturated rings. The number of aromatic nitrogens is 2. The van der Waals surface area contributed by atoms with E-state index >= 15 is 0 Å². The first-order valence-electron chi connectivity index (χ1n) is 12.3. The van der Waals surface area contributed by atoms with Gasteiger partial charge < -0.3 is 25.8 Å². The Morgan fingerprint density at radius 2 is 1.65 bits per heavy atom. The van der Waals surface area contributed by atoms with Crippen molar-refractivity contribution in [1.82, 2.24) is 20.6 Å². The summed E-state index contributed by atoms with van der Waals surface area (Å²) in [4.78, 5) is 44.9. The molecule has 0 radical (unpaired) electrons. The molecule has 2 amide bonds. The number of hydrogen-bond acceptors (Lipinski definition) is 9. The highest BCUT2D eigenvalue weighted by Crippen LogP contribution is 2.32. The Kier molecular flexibility index (Phi) is 7.86. The number of esters is 1. The second-order valence-electron chi connectivity index (χ2n) is 9.49. The van der Waals surface area contributed by atoms with Crippen LogP contribution in [0.4, 0.5) is 5.82 Å². The predicted molar refractivity (Wildman–Crippen MR) is 133 cm³/mol. The average Bonchev–Trinajstić information content (AvgIpc) is 3.46. The number of carbonyl (C=O) groups excluding carboxylic acids is 3. The Labute approximate surface area is 214 Å². The van der Waals surface area contributed by atoms with Crippen LogP contribution in [0.2, 0.25) is 0 Å². The molecule has 2 aliphatic rings. The number of nitriles is 1. The molecule has 194 valence electrons. The molecule has 0 bridgehead atoms. The standard InChI is InChI=1S/C26H30N6O5/c1-14(33)29-18-6-8-20(11-18)36-25-22(26(35)37-21-9-7-19(12-21)30-15(2)34)23(28)31-24(32-25)17-5-3-4-16(10-17)13-27/h3-5,10,18-21H,6-9,11-12H2,1-2H3,(H,29,33)(H,30,34)(H2,28,31,32)/t18-,19-,20+,21+/m0/s1. The molecule has 1 aromatic heterocycles. The van der Waals surface area contributed by atoms with Gasteiger partial charge in [0.25, 0.3) is 0 Å². The summed E-state index contributed by atoms with van der Waals surface area (Å²) >= 11 is 0. The first-order valence-corrected chi connectivity index (χ1v) is 12.3. The highest BCUT2D eigenvalue weighted by molar-refractivity contribution is 5.97. The van der Waals surface area contributed by atoms with E-state index in [1.165, 1.54) is 13.8 Å². The van der Waals surface area contributed by atoms with Gasteiger partial charge in [0.1, 0.15) is 18.0 Å². The van der Waals surface area contributed by atoms with Crippen molar-refractivity contribution in [3.63, 3.8) is 0 Å². The zero-order chi connectivity index (χ0) is 26.5. The lowest BCUT2D eigenvalue weighted by molar-refractivity contribution is -0.120. The van der Waals surface area contributed by atoms with E-state index in [0.29, 0.717) is 43.2 Å². The Bertz CT molecular complexity index is 1240. The number of nitrogens with one attached hydrogen (secondary N) is 2. The van der Waals surface area contributed by atoms with Crippen molar-refractivity contribution < 1.29 is 23.9 Å². The zero-order valence-corrected chi connectivity index (χ0v) is 20.8. The fourth-order valence-electron chi connectivity index (χ4n) is 4.89. The molecule has 37 heavy (non-hydrogen) atoms. The maximum Gasteiger partial charge on any atom is 0.347 e. The molecule has 2 saturated carbocycles. The molecule has 0 spiro atoms. The smallest absolute Gasteiger partial charge is 0.347 e. The van der Waals surface area contributed by atoms with Gasteiger partial charge in [-0.3, -0.25) is 9.59 Å². The van der Waals surface area contributed by atoms with Gasteiger partial charge in [-0.15, -0.1) is 0 Å². The Morgan fingerprint density at radius 3 is 2.30 bits per heavy atom. The molecule has 2 aliphatic carbocycles. The van der Waals surface area contributed by atoms with Crippen LogP contribution in [0.1, 0.15) is 68.3 Å². The monoisotopic (exact) mass is 506 g/mol. The Balaban J connectivity index is 1.60. The molecule has 1 aromatic carbocycles. The quantitative estimate of drug-likeness (QED) is 0.477.